The van der Waals surface area contributed by atoms with Crippen LogP contribution in [-0.2, 0) is 9.47 Å². The monoisotopic (exact) mass is 317 g/mol. The Morgan fingerprint density at radius 2 is 2.26 bits per heavy atom. The Balaban J connectivity index is 1.51. The van der Waals surface area contributed by atoms with Gasteiger partial charge in [-0.05, 0) is 18.9 Å². The highest BCUT2D eigenvalue weighted by atomic mass is 16.5. The molecule has 2 heterocycles. The van der Waals surface area contributed by atoms with Gasteiger partial charge in [-0.15, -0.1) is 0 Å². The first-order chi connectivity index (χ1) is 11.3. The Kier molecular flexibility index (Phi) is 4.94. The topological polar surface area (TPSA) is 91.2 Å². The molecule has 8 heteroatoms. The van der Waals surface area contributed by atoms with Gasteiger partial charge in [0.25, 0.3) is 5.91 Å². The van der Waals surface area contributed by atoms with Crippen LogP contribution in [0.4, 0.5) is 0 Å². The van der Waals surface area contributed by atoms with Gasteiger partial charge in [-0.25, -0.2) is 15.0 Å². The number of rotatable bonds is 7. The summed E-state index contributed by atoms with van der Waals surface area (Å²) in [6, 6.07) is 1.72. The average Bonchev–Trinajstić information content (AvgIpc) is 3.07. The maximum Gasteiger partial charge on any atom is 0.270 e. The predicted molar refractivity (Wildman–Crippen MR) is 81.3 cm³/mol. The number of aromatic nitrogens is 4. The summed E-state index contributed by atoms with van der Waals surface area (Å²) in [4.78, 5) is 24.6. The molecule has 0 radical (unpaired) electrons. The van der Waals surface area contributed by atoms with Crippen LogP contribution >= 0.6 is 0 Å². The van der Waals surface area contributed by atoms with E-state index in [1.807, 2.05) is 0 Å². The highest BCUT2D eigenvalue weighted by molar-refractivity contribution is 5.92. The van der Waals surface area contributed by atoms with E-state index in [-0.39, 0.29) is 18.1 Å². The molecular formula is C15H19N5O3. The Morgan fingerprint density at radius 3 is 3.00 bits per heavy atom. The molecule has 0 bridgehead atoms. The van der Waals surface area contributed by atoms with E-state index < -0.39 is 0 Å². The molecule has 122 valence electrons. The Morgan fingerprint density at radius 1 is 1.39 bits per heavy atom. The van der Waals surface area contributed by atoms with Gasteiger partial charge in [-0.1, -0.05) is 0 Å². The van der Waals surface area contributed by atoms with E-state index in [4.69, 9.17) is 9.47 Å². The van der Waals surface area contributed by atoms with E-state index in [2.05, 4.69) is 20.3 Å². The maximum absolute atomic E-state index is 12.2. The molecule has 0 aromatic carbocycles. The smallest absolute Gasteiger partial charge is 0.270 e. The molecule has 0 spiro atoms. The lowest BCUT2D eigenvalue weighted by Gasteiger charge is -2.35. The van der Waals surface area contributed by atoms with Crippen LogP contribution < -0.4 is 5.32 Å². The fraction of sp³-hybridized carbons (Fsp3) is 0.467. The molecule has 1 saturated carbocycles. The van der Waals surface area contributed by atoms with Crippen LogP contribution in [0.2, 0.25) is 0 Å². The molecule has 0 atom stereocenters. The van der Waals surface area contributed by atoms with E-state index in [1.54, 1.807) is 42.7 Å². The zero-order valence-corrected chi connectivity index (χ0v) is 12.9. The van der Waals surface area contributed by atoms with Crippen molar-refractivity contribution >= 4 is 5.91 Å². The number of methoxy groups -OCH3 is 1. The second-order valence-corrected chi connectivity index (χ2v) is 5.34. The summed E-state index contributed by atoms with van der Waals surface area (Å²) in [7, 11) is 1.65. The van der Waals surface area contributed by atoms with Crippen molar-refractivity contribution in [2.75, 3.05) is 20.3 Å². The van der Waals surface area contributed by atoms with Crippen LogP contribution in [0.1, 0.15) is 23.3 Å². The van der Waals surface area contributed by atoms with E-state index >= 15 is 0 Å². The largest absolute Gasteiger partial charge is 0.382 e. The first-order valence-electron chi connectivity index (χ1n) is 7.49. The van der Waals surface area contributed by atoms with Crippen molar-refractivity contribution in [3.05, 3.63) is 36.7 Å². The molecule has 23 heavy (non-hydrogen) atoms. The maximum atomic E-state index is 12.2. The third-order valence-corrected chi connectivity index (χ3v) is 3.68. The van der Waals surface area contributed by atoms with E-state index in [0.717, 1.165) is 12.8 Å². The highest BCUT2D eigenvalue weighted by Crippen LogP contribution is 2.23. The zero-order valence-electron chi connectivity index (χ0n) is 12.9. The number of hydrogen-bond acceptors (Lipinski definition) is 6. The molecule has 0 unspecified atom stereocenters. The summed E-state index contributed by atoms with van der Waals surface area (Å²) in [6.07, 6.45) is 8.34. The zero-order chi connectivity index (χ0) is 16.1. The Labute approximate surface area is 133 Å². The molecule has 0 aliphatic heterocycles. The molecule has 1 N–H and O–H groups in total. The van der Waals surface area contributed by atoms with E-state index in [9.17, 15) is 4.79 Å². The van der Waals surface area contributed by atoms with Crippen LogP contribution in [0.25, 0.3) is 5.95 Å². The van der Waals surface area contributed by atoms with Gasteiger partial charge < -0.3 is 14.8 Å². The quantitative estimate of drug-likeness (QED) is 0.751. The Hall–Kier alpha value is -2.32. The molecule has 0 saturated heterocycles. The number of ether oxygens (including phenoxy) is 2. The first kappa shape index (κ1) is 15.6. The van der Waals surface area contributed by atoms with Crippen LogP contribution in [0.15, 0.2) is 31.0 Å². The number of carbonyl (C=O) groups excluding carboxylic acids is 1. The summed E-state index contributed by atoms with van der Waals surface area (Å²) in [5.74, 6) is 0.221. The van der Waals surface area contributed by atoms with Gasteiger partial charge in [0.1, 0.15) is 12.0 Å². The summed E-state index contributed by atoms with van der Waals surface area (Å²) in [5.41, 5.74) is 0.340. The van der Waals surface area contributed by atoms with Gasteiger partial charge in [0.15, 0.2) is 0 Å². The fourth-order valence-corrected chi connectivity index (χ4v) is 2.35. The van der Waals surface area contributed by atoms with Crippen molar-refractivity contribution in [2.45, 2.75) is 25.0 Å². The lowest BCUT2D eigenvalue weighted by atomic mass is 9.89. The molecule has 1 aliphatic rings. The molecule has 8 nitrogen and oxygen atoms in total. The number of carbonyl (C=O) groups is 1. The van der Waals surface area contributed by atoms with Gasteiger partial charge in [-0.3, -0.25) is 9.36 Å². The number of amides is 1. The number of nitrogens with zero attached hydrogens (tertiary/aromatic N) is 4. The van der Waals surface area contributed by atoms with E-state index in [1.165, 1.54) is 0 Å². The first-order valence-corrected chi connectivity index (χ1v) is 7.49. The average molecular weight is 317 g/mol. The molecule has 1 fully saturated rings. The van der Waals surface area contributed by atoms with Crippen LogP contribution in [-0.4, -0.2) is 57.9 Å². The summed E-state index contributed by atoms with van der Waals surface area (Å²) >= 11 is 0. The fourth-order valence-electron chi connectivity index (χ4n) is 2.35. The van der Waals surface area contributed by atoms with Crippen molar-refractivity contribution < 1.29 is 14.3 Å². The second kappa shape index (κ2) is 7.30. The van der Waals surface area contributed by atoms with Crippen molar-refractivity contribution in [2.24, 2.45) is 0 Å². The van der Waals surface area contributed by atoms with Gasteiger partial charge in [0.05, 0.1) is 19.3 Å². The summed E-state index contributed by atoms with van der Waals surface area (Å²) < 4.78 is 12.2. The van der Waals surface area contributed by atoms with Crippen LogP contribution in [0.5, 0.6) is 0 Å². The van der Waals surface area contributed by atoms with Gasteiger partial charge >= 0.3 is 0 Å². The van der Waals surface area contributed by atoms with Gasteiger partial charge in [0, 0.05) is 31.7 Å². The van der Waals surface area contributed by atoms with Crippen molar-refractivity contribution in [3.8, 4) is 5.95 Å². The van der Waals surface area contributed by atoms with Gasteiger partial charge in [0.2, 0.25) is 5.95 Å². The van der Waals surface area contributed by atoms with Crippen LogP contribution in [0, 0.1) is 0 Å². The number of nitrogens with one attached hydrogen (secondary N) is 1. The molecule has 1 aliphatic carbocycles. The Bertz CT molecular complexity index is 640. The lowest BCUT2D eigenvalue weighted by molar-refractivity contribution is -0.0343. The van der Waals surface area contributed by atoms with Crippen molar-refractivity contribution in [1.82, 2.24) is 24.8 Å². The van der Waals surface area contributed by atoms with Crippen molar-refractivity contribution in [3.63, 3.8) is 0 Å². The molecule has 2 aromatic rings. The molecular weight excluding hydrogens is 298 g/mol. The third kappa shape index (κ3) is 3.91. The van der Waals surface area contributed by atoms with Gasteiger partial charge in [-0.2, -0.15) is 0 Å². The summed E-state index contributed by atoms with van der Waals surface area (Å²) in [6.45, 7) is 1.17. The standard InChI is InChI=1S/C15H19N5O3/c1-22-6-7-23-12-8-11(9-12)18-14(21)13-2-3-17-15(19-13)20-5-4-16-10-20/h2-5,10-12H,6-9H2,1H3,(H,18,21). The van der Waals surface area contributed by atoms with E-state index in [0.29, 0.717) is 24.9 Å². The third-order valence-electron chi connectivity index (χ3n) is 3.68. The normalized spacial score (nSPS) is 20.0. The van der Waals surface area contributed by atoms with Crippen LogP contribution in [0.3, 0.4) is 0 Å². The highest BCUT2D eigenvalue weighted by Gasteiger charge is 2.31. The minimum Gasteiger partial charge on any atom is -0.382 e. The molecule has 1 amide bonds. The SMILES string of the molecule is COCCOC1CC(NC(=O)c2ccnc(-n3ccnc3)n2)C1. The number of hydrogen-bond donors (Lipinski definition) is 1. The minimum atomic E-state index is -0.200. The lowest BCUT2D eigenvalue weighted by Crippen LogP contribution is -2.48. The number of imidazole rings is 1. The minimum absolute atomic E-state index is 0.127. The molecule has 3 rings (SSSR count). The predicted octanol–water partition coefficient (Wildman–Crippen LogP) is 0.586. The molecule has 2 aromatic heterocycles. The van der Waals surface area contributed by atoms with Crippen molar-refractivity contribution in [1.29, 1.82) is 0 Å². The summed E-state index contributed by atoms with van der Waals surface area (Å²) in [5, 5.41) is 2.96. The second-order valence-electron chi connectivity index (χ2n) is 5.34.